The van der Waals surface area contributed by atoms with Crippen LogP contribution in [0.15, 0.2) is 18.3 Å². The second kappa shape index (κ2) is 5.54. The van der Waals surface area contributed by atoms with Gasteiger partial charge < -0.3 is 20.7 Å². The van der Waals surface area contributed by atoms with Crippen LogP contribution in [0.5, 0.6) is 0 Å². The fourth-order valence-corrected chi connectivity index (χ4v) is 1.89. The van der Waals surface area contributed by atoms with Gasteiger partial charge in [0.15, 0.2) is 6.20 Å². The quantitative estimate of drug-likeness (QED) is 0.614. The molecular formula is C11H14N4O3. The van der Waals surface area contributed by atoms with Crippen molar-refractivity contribution in [1.29, 1.82) is 0 Å². The van der Waals surface area contributed by atoms with Crippen molar-refractivity contribution in [2.75, 3.05) is 18.4 Å². The molecule has 1 aliphatic rings. The van der Waals surface area contributed by atoms with Crippen molar-refractivity contribution in [2.24, 2.45) is 5.92 Å². The molecule has 0 aromatic carbocycles. The van der Waals surface area contributed by atoms with E-state index in [1.54, 1.807) is 0 Å². The molecule has 7 heteroatoms. The Kier molecular flexibility index (Phi) is 3.83. The topological polar surface area (TPSA) is 97.2 Å². The molecule has 0 radical (unpaired) electrons. The van der Waals surface area contributed by atoms with E-state index in [0.29, 0.717) is 12.2 Å². The number of anilines is 1. The maximum absolute atomic E-state index is 11.9. The van der Waals surface area contributed by atoms with Crippen LogP contribution in [0.3, 0.4) is 0 Å². The van der Waals surface area contributed by atoms with Crippen LogP contribution in [0.25, 0.3) is 0 Å². The summed E-state index contributed by atoms with van der Waals surface area (Å²) in [5.74, 6) is -0.348. The number of carbonyl (C=O) groups is 1. The highest BCUT2D eigenvalue weighted by molar-refractivity contribution is 5.92. The molecule has 1 aromatic rings. The van der Waals surface area contributed by atoms with Crippen LogP contribution in [0.2, 0.25) is 0 Å². The number of hydrogen-bond acceptors (Lipinski definition) is 5. The predicted octanol–water partition coefficient (Wildman–Crippen LogP) is 0.928. The third kappa shape index (κ3) is 3.01. The van der Waals surface area contributed by atoms with Crippen molar-refractivity contribution in [3.05, 3.63) is 28.4 Å². The predicted molar refractivity (Wildman–Crippen MR) is 65.1 cm³/mol. The number of nitrogens with one attached hydrogen (secondary N) is 2. The van der Waals surface area contributed by atoms with E-state index in [1.165, 1.54) is 18.3 Å². The number of hydrogen-bond donors (Lipinski definition) is 2. The average Bonchev–Trinajstić information content (AvgIpc) is 2.40. The highest BCUT2D eigenvalue weighted by atomic mass is 16.6. The van der Waals surface area contributed by atoms with E-state index in [1.807, 2.05) is 0 Å². The van der Waals surface area contributed by atoms with Crippen molar-refractivity contribution in [3.63, 3.8) is 0 Å². The van der Waals surface area contributed by atoms with Crippen LogP contribution in [0.4, 0.5) is 11.5 Å². The minimum Gasteiger partial charge on any atom is -0.358 e. The Morgan fingerprint density at radius 1 is 1.56 bits per heavy atom. The zero-order valence-electron chi connectivity index (χ0n) is 9.76. The molecule has 2 rings (SSSR count). The molecule has 1 aromatic heterocycles. The van der Waals surface area contributed by atoms with Gasteiger partial charge in [0.1, 0.15) is 0 Å². The maximum atomic E-state index is 11.9. The van der Waals surface area contributed by atoms with Crippen molar-refractivity contribution in [1.82, 2.24) is 10.3 Å². The summed E-state index contributed by atoms with van der Waals surface area (Å²) in [6.07, 6.45) is 3.14. The van der Waals surface area contributed by atoms with Gasteiger partial charge in [-0.2, -0.15) is 0 Å². The van der Waals surface area contributed by atoms with Gasteiger partial charge in [-0.25, -0.2) is 0 Å². The summed E-state index contributed by atoms with van der Waals surface area (Å²) < 4.78 is 0. The lowest BCUT2D eigenvalue weighted by atomic mass is 9.99. The lowest BCUT2D eigenvalue weighted by molar-refractivity contribution is -0.389. The lowest BCUT2D eigenvalue weighted by Gasteiger charge is -2.21. The van der Waals surface area contributed by atoms with Gasteiger partial charge in [0, 0.05) is 12.6 Å². The van der Waals surface area contributed by atoms with Gasteiger partial charge in [-0.15, -0.1) is 0 Å². The van der Waals surface area contributed by atoms with E-state index < -0.39 is 4.92 Å². The summed E-state index contributed by atoms with van der Waals surface area (Å²) in [6.45, 7) is 1.62. The largest absolute Gasteiger partial charge is 0.363 e. The molecule has 1 aliphatic heterocycles. The zero-order valence-corrected chi connectivity index (χ0v) is 9.76. The summed E-state index contributed by atoms with van der Waals surface area (Å²) in [4.78, 5) is 25.4. The summed E-state index contributed by atoms with van der Waals surface area (Å²) in [5.41, 5.74) is 0.483. The minimum atomic E-state index is -0.573. The number of aromatic nitrogens is 1. The second-order valence-electron chi connectivity index (χ2n) is 4.19. The van der Waals surface area contributed by atoms with Gasteiger partial charge >= 0.3 is 5.82 Å². The van der Waals surface area contributed by atoms with Gasteiger partial charge in [-0.1, -0.05) is 0 Å². The average molecular weight is 250 g/mol. The highest BCUT2D eigenvalue weighted by Gasteiger charge is 2.21. The fraction of sp³-hybridized carbons (Fsp3) is 0.455. The van der Waals surface area contributed by atoms with Crippen molar-refractivity contribution >= 4 is 17.4 Å². The van der Waals surface area contributed by atoms with E-state index in [9.17, 15) is 14.9 Å². The Morgan fingerprint density at radius 2 is 2.39 bits per heavy atom. The van der Waals surface area contributed by atoms with E-state index >= 15 is 0 Å². The number of pyridine rings is 1. The molecule has 1 saturated heterocycles. The van der Waals surface area contributed by atoms with Crippen molar-refractivity contribution in [2.45, 2.75) is 12.8 Å². The van der Waals surface area contributed by atoms with Crippen LogP contribution in [0.1, 0.15) is 12.8 Å². The van der Waals surface area contributed by atoms with Crippen LogP contribution >= 0.6 is 0 Å². The first kappa shape index (κ1) is 12.4. The highest BCUT2D eigenvalue weighted by Crippen LogP contribution is 2.15. The molecule has 2 N–H and O–H groups in total. The molecule has 0 saturated carbocycles. The van der Waals surface area contributed by atoms with E-state index in [4.69, 9.17) is 0 Å². The lowest BCUT2D eigenvalue weighted by Crippen LogP contribution is -2.37. The van der Waals surface area contributed by atoms with Gasteiger partial charge in [0.2, 0.25) is 5.91 Å². The number of rotatable bonds is 3. The molecular weight excluding hydrogens is 236 g/mol. The van der Waals surface area contributed by atoms with Gasteiger partial charge in [-0.3, -0.25) is 4.79 Å². The molecule has 1 amide bonds. The normalized spacial score (nSPS) is 19.2. The van der Waals surface area contributed by atoms with E-state index in [-0.39, 0.29) is 17.6 Å². The molecule has 18 heavy (non-hydrogen) atoms. The monoisotopic (exact) mass is 250 g/mol. The van der Waals surface area contributed by atoms with Crippen LogP contribution in [-0.2, 0) is 4.79 Å². The van der Waals surface area contributed by atoms with Gasteiger partial charge in [-0.05, 0) is 35.4 Å². The smallest absolute Gasteiger partial charge is 0.358 e. The summed E-state index contributed by atoms with van der Waals surface area (Å²) >= 11 is 0. The Hall–Kier alpha value is -2.02. The summed E-state index contributed by atoms with van der Waals surface area (Å²) in [5, 5.41) is 16.3. The molecule has 0 bridgehead atoms. The third-order valence-corrected chi connectivity index (χ3v) is 2.87. The molecule has 0 spiro atoms. The second-order valence-corrected chi connectivity index (χ2v) is 4.19. The van der Waals surface area contributed by atoms with Crippen LogP contribution < -0.4 is 10.6 Å². The maximum Gasteiger partial charge on any atom is 0.363 e. The van der Waals surface area contributed by atoms with Gasteiger partial charge in [0.05, 0.1) is 11.6 Å². The third-order valence-electron chi connectivity index (χ3n) is 2.87. The molecule has 7 nitrogen and oxygen atoms in total. The number of carbonyl (C=O) groups excluding carboxylic acids is 1. The molecule has 96 valence electrons. The minimum absolute atomic E-state index is 0.0473. The molecule has 1 unspecified atom stereocenters. The summed E-state index contributed by atoms with van der Waals surface area (Å²) in [7, 11) is 0. The van der Waals surface area contributed by atoms with Crippen molar-refractivity contribution < 1.29 is 9.72 Å². The van der Waals surface area contributed by atoms with E-state index in [0.717, 1.165) is 19.4 Å². The summed E-state index contributed by atoms with van der Waals surface area (Å²) in [6, 6.07) is 2.76. The number of piperidine rings is 1. The van der Waals surface area contributed by atoms with Crippen LogP contribution in [-0.4, -0.2) is 28.9 Å². The SMILES string of the molecule is O=C(Nc1ccc([N+](=O)[O-])nc1)C1CCCNC1. The van der Waals surface area contributed by atoms with Gasteiger partial charge in [0.25, 0.3) is 0 Å². The first-order valence-electron chi connectivity index (χ1n) is 5.79. The Labute approximate surface area is 104 Å². The van der Waals surface area contributed by atoms with Crippen LogP contribution in [0, 0.1) is 16.0 Å². The number of nitro groups is 1. The standard InChI is InChI=1S/C11H14N4O3/c16-11(8-2-1-5-12-6-8)14-9-3-4-10(13-7-9)15(17)18/h3-4,7-8,12H,1-2,5-6H2,(H,14,16). The Balaban J connectivity index is 1.96. The Bertz CT molecular complexity index is 440. The fourth-order valence-electron chi connectivity index (χ4n) is 1.89. The van der Waals surface area contributed by atoms with Crippen molar-refractivity contribution in [3.8, 4) is 0 Å². The molecule has 1 fully saturated rings. The molecule has 0 aliphatic carbocycles. The number of nitrogens with zero attached hydrogens (tertiary/aromatic N) is 2. The molecule has 1 atom stereocenters. The zero-order chi connectivity index (χ0) is 13.0. The first-order valence-corrected chi connectivity index (χ1v) is 5.79. The first-order chi connectivity index (χ1) is 8.66. The number of amides is 1. The van der Waals surface area contributed by atoms with E-state index in [2.05, 4.69) is 15.6 Å². The molecule has 2 heterocycles. The Morgan fingerprint density at radius 3 is 2.94 bits per heavy atom.